The van der Waals surface area contributed by atoms with Gasteiger partial charge in [-0.05, 0) is 12.1 Å². The number of aromatic nitrogens is 1. The van der Waals surface area contributed by atoms with E-state index in [1.807, 2.05) is 23.6 Å². The Morgan fingerprint density at radius 2 is 1.81 bits per heavy atom. The Bertz CT molecular complexity index is 434. The highest BCUT2D eigenvalue weighted by Gasteiger charge is 2.12. The highest BCUT2D eigenvalue weighted by Crippen LogP contribution is 2.39. The van der Waals surface area contributed by atoms with Crippen molar-refractivity contribution >= 4 is 11.3 Å². The van der Waals surface area contributed by atoms with Crippen LogP contribution in [0.4, 0.5) is 0 Å². The minimum absolute atomic E-state index is 0.535. The maximum Gasteiger partial charge on any atom is 0.230 e. The molecule has 0 N–H and O–H groups in total. The number of methoxy groups -OCH3 is 2. The van der Waals surface area contributed by atoms with E-state index in [-0.39, 0.29) is 0 Å². The minimum Gasteiger partial charge on any atom is -0.493 e. The van der Waals surface area contributed by atoms with Crippen LogP contribution in [0.1, 0.15) is 0 Å². The normalized spacial score (nSPS) is 9.88. The fraction of sp³-hybridized carbons (Fsp3) is 0.182. The lowest BCUT2D eigenvalue weighted by atomic mass is 10.3. The van der Waals surface area contributed by atoms with Gasteiger partial charge in [0.2, 0.25) is 11.6 Å². The van der Waals surface area contributed by atoms with Gasteiger partial charge in [-0.15, -0.1) is 11.3 Å². The van der Waals surface area contributed by atoms with E-state index in [0.29, 0.717) is 23.1 Å². The molecule has 84 valence electrons. The average Bonchev–Trinajstić information content (AvgIpc) is 2.82. The van der Waals surface area contributed by atoms with E-state index in [0.717, 1.165) is 0 Å². The highest BCUT2D eigenvalue weighted by atomic mass is 32.1. The molecule has 16 heavy (non-hydrogen) atoms. The van der Waals surface area contributed by atoms with Gasteiger partial charge in [0.15, 0.2) is 11.5 Å². The molecule has 0 bridgehead atoms. The van der Waals surface area contributed by atoms with Gasteiger partial charge in [-0.1, -0.05) is 6.07 Å². The van der Waals surface area contributed by atoms with E-state index in [2.05, 4.69) is 4.98 Å². The van der Waals surface area contributed by atoms with Gasteiger partial charge in [0.05, 0.1) is 25.1 Å². The Labute approximate surface area is 97.4 Å². The molecule has 0 spiro atoms. The molecule has 0 aliphatic rings. The Balaban J connectivity index is 2.37. The zero-order valence-electron chi connectivity index (χ0n) is 8.97. The maximum absolute atomic E-state index is 5.61. The van der Waals surface area contributed by atoms with E-state index in [1.165, 1.54) is 11.3 Å². The van der Waals surface area contributed by atoms with Crippen LogP contribution in [0.25, 0.3) is 0 Å². The van der Waals surface area contributed by atoms with Crippen molar-refractivity contribution < 1.29 is 14.2 Å². The molecule has 0 saturated heterocycles. The first-order valence-electron chi connectivity index (χ1n) is 4.62. The quantitative estimate of drug-likeness (QED) is 0.819. The Morgan fingerprint density at radius 3 is 2.31 bits per heavy atom. The molecule has 0 atom stereocenters. The summed E-state index contributed by atoms with van der Waals surface area (Å²) in [4.78, 5) is 4.05. The predicted octanol–water partition coefficient (Wildman–Crippen LogP) is 2.95. The van der Waals surface area contributed by atoms with E-state index >= 15 is 0 Å². The molecule has 2 aromatic rings. The van der Waals surface area contributed by atoms with Crippen molar-refractivity contribution in [1.29, 1.82) is 0 Å². The fourth-order valence-corrected chi connectivity index (χ4v) is 1.73. The third-order valence-electron chi connectivity index (χ3n) is 2.00. The van der Waals surface area contributed by atoms with Crippen molar-refractivity contribution in [3.05, 3.63) is 29.1 Å². The average molecular weight is 237 g/mol. The van der Waals surface area contributed by atoms with Crippen molar-refractivity contribution in [3.8, 4) is 23.1 Å². The molecule has 4 nitrogen and oxygen atoms in total. The van der Waals surface area contributed by atoms with Crippen LogP contribution in [-0.2, 0) is 0 Å². The summed E-state index contributed by atoms with van der Waals surface area (Å²) < 4.78 is 16.0. The standard InChI is InChI=1S/C11H11NO3S/c1-13-8-4-3-5-9(14-2)11(8)15-10-6-16-7-12-10/h3-7H,1-2H3. The number of benzene rings is 1. The molecule has 2 rings (SSSR count). The molecular formula is C11H11NO3S. The van der Waals surface area contributed by atoms with E-state index < -0.39 is 0 Å². The zero-order valence-corrected chi connectivity index (χ0v) is 9.78. The summed E-state index contributed by atoms with van der Waals surface area (Å²) in [5, 5.41) is 1.81. The number of nitrogens with zero attached hydrogens (tertiary/aromatic N) is 1. The molecule has 0 aliphatic carbocycles. The first kappa shape index (κ1) is 10.8. The van der Waals surface area contributed by atoms with Crippen molar-refractivity contribution in [1.82, 2.24) is 4.98 Å². The van der Waals surface area contributed by atoms with Crippen molar-refractivity contribution in [2.24, 2.45) is 0 Å². The van der Waals surface area contributed by atoms with Gasteiger partial charge in [0.25, 0.3) is 0 Å². The van der Waals surface area contributed by atoms with Gasteiger partial charge in [0, 0.05) is 0 Å². The van der Waals surface area contributed by atoms with Crippen LogP contribution in [0.2, 0.25) is 0 Å². The smallest absolute Gasteiger partial charge is 0.230 e. The zero-order chi connectivity index (χ0) is 11.4. The molecule has 5 heteroatoms. The summed E-state index contributed by atoms with van der Waals surface area (Å²) in [6.07, 6.45) is 0. The predicted molar refractivity (Wildman–Crippen MR) is 61.7 cm³/mol. The monoisotopic (exact) mass is 237 g/mol. The highest BCUT2D eigenvalue weighted by molar-refractivity contribution is 7.07. The largest absolute Gasteiger partial charge is 0.493 e. The third kappa shape index (κ3) is 2.09. The number of thiazole rings is 1. The van der Waals surface area contributed by atoms with Gasteiger partial charge in [-0.2, -0.15) is 0 Å². The van der Waals surface area contributed by atoms with Gasteiger partial charge < -0.3 is 14.2 Å². The molecule has 0 saturated carbocycles. The van der Waals surface area contributed by atoms with Crippen LogP contribution < -0.4 is 14.2 Å². The lowest BCUT2D eigenvalue weighted by Crippen LogP contribution is -1.94. The molecule has 0 fully saturated rings. The lowest BCUT2D eigenvalue weighted by Gasteiger charge is -2.11. The summed E-state index contributed by atoms with van der Waals surface area (Å²) in [7, 11) is 3.17. The Hall–Kier alpha value is -1.75. The van der Waals surface area contributed by atoms with Crippen LogP contribution in [0.15, 0.2) is 29.1 Å². The molecular weight excluding hydrogens is 226 g/mol. The van der Waals surface area contributed by atoms with Gasteiger partial charge in [-0.25, -0.2) is 4.98 Å². The van der Waals surface area contributed by atoms with Crippen molar-refractivity contribution in [3.63, 3.8) is 0 Å². The van der Waals surface area contributed by atoms with Crippen LogP contribution >= 0.6 is 11.3 Å². The Kier molecular flexibility index (Phi) is 3.26. The number of hydrogen-bond donors (Lipinski definition) is 0. The number of para-hydroxylation sites is 1. The first-order valence-corrected chi connectivity index (χ1v) is 5.56. The molecule has 1 heterocycles. The van der Waals surface area contributed by atoms with Crippen molar-refractivity contribution in [2.75, 3.05) is 14.2 Å². The summed E-state index contributed by atoms with van der Waals surface area (Å²) in [6.45, 7) is 0. The van der Waals surface area contributed by atoms with Crippen LogP contribution in [0, 0.1) is 0 Å². The lowest BCUT2D eigenvalue weighted by molar-refractivity contribution is 0.343. The second-order valence-electron chi connectivity index (χ2n) is 2.92. The van der Waals surface area contributed by atoms with Crippen LogP contribution in [-0.4, -0.2) is 19.2 Å². The molecule has 0 aliphatic heterocycles. The summed E-state index contributed by atoms with van der Waals surface area (Å²) in [5.74, 6) is 2.31. The molecule has 1 aromatic heterocycles. The summed E-state index contributed by atoms with van der Waals surface area (Å²) in [6, 6.07) is 5.46. The molecule has 0 amide bonds. The first-order chi connectivity index (χ1) is 7.85. The number of hydrogen-bond acceptors (Lipinski definition) is 5. The van der Waals surface area contributed by atoms with Gasteiger partial charge >= 0.3 is 0 Å². The molecule has 1 aromatic carbocycles. The second-order valence-corrected chi connectivity index (χ2v) is 3.64. The summed E-state index contributed by atoms with van der Waals surface area (Å²) >= 11 is 1.47. The Morgan fingerprint density at radius 1 is 1.12 bits per heavy atom. The SMILES string of the molecule is COc1cccc(OC)c1Oc1cscn1. The summed E-state index contributed by atoms with van der Waals surface area (Å²) in [5.41, 5.74) is 1.71. The second kappa shape index (κ2) is 4.85. The molecule has 0 radical (unpaired) electrons. The van der Waals surface area contributed by atoms with E-state index in [9.17, 15) is 0 Å². The third-order valence-corrected chi connectivity index (χ3v) is 2.56. The van der Waals surface area contributed by atoms with E-state index in [4.69, 9.17) is 14.2 Å². The topological polar surface area (TPSA) is 40.6 Å². The maximum atomic E-state index is 5.61. The minimum atomic E-state index is 0.535. The number of rotatable bonds is 4. The fourth-order valence-electron chi connectivity index (χ4n) is 1.27. The van der Waals surface area contributed by atoms with Crippen molar-refractivity contribution in [2.45, 2.75) is 0 Å². The van der Waals surface area contributed by atoms with E-state index in [1.54, 1.807) is 19.7 Å². The van der Waals surface area contributed by atoms with Gasteiger partial charge in [-0.3, -0.25) is 0 Å². The molecule has 0 unspecified atom stereocenters. The number of ether oxygens (including phenoxy) is 3. The van der Waals surface area contributed by atoms with Gasteiger partial charge in [0.1, 0.15) is 0 Å². The van der Waals surface area contributed by atoms with Crippen LogP contribution in [0.5, 0.6) is 23.1 Å². The van der Waals surface area contributed by atoms with Crippen LogP contribution in [0.3, 0.4) is 0 Å².